The first-order valence-electron chi connectivity index (χ1n) is 11.0. The van der Waals surface area contributed by atoms with Gasteiger partial charge >= 0.3 is 18.2 Å². The number of alkyl halides is 3. The number of carboxylic acid groups (broad SMARTS) is 1. The summed E-state index contributed by atoms with van der Waals surface area (Å²) in [5.41, 5.74) is 3.89. The summed E-state index contributed by atoms with van der Waals surface area (Å²) in [5, 5.41) is 13.2. The van der Waals surface area contributed by atoms with Gasteiger partial charge in [0.2, 0.25) is 5.91 Å². The van der Waals surface area contributed by atoms with Gasteiger partial charge in [0.1, 0.15) is 6.61 Å². The summed E-state index contributed by atoms with van der Waals surface area (Å²) in [4.78, 5) is 35.7. The van der Waals surface area contributed by atoms with Crippen LogP contribution in [0.1, 0.15) is 23.5 Å². The maximum atomic E-state index is 13.5. The number of hydrogen-bond acceptors (Lipinski definition) is 5. The number of amides is 2. The van der Waals surface area contributed by atoms with Crippen LogP contribution in [0.2, 0.25) is 0 Å². The predicted octanol–water partition coefficient (Wildman–Crippen LogP) is 3.06. The Hall–Kier alpha value is -3.60. The number of carbonyl (C=O) groups excluding carboxylic acids is 2. The quantitative estimate of drug-likeness (QED) is 0.548. The molecule has 2 aliphatic rings. The lowest BCUT2D eigenvalue weighted by Crippen LogP contribution is -2.51. The highest BCUT2D eigenvalue weighted by atomic mass is 19.4. The van der Waals surface area contributed by atoms with E-state index in [1.165, 1.54) is 0 Å². The second-order valence-electron chi connectivity index (χ2n) is 8.33. The highest BCUT2D eigenvalue weighted by Gasteiger charge is 2.47. The van der Waals surface area contributed by atoms with Crippen LogP contribution in [0, 0.1) is 5.92 Å². The SMILES string of the molecule is O=C(NCC(C(=O)N[C@@H]1CCO[C@@H]1C(=O)O)C(F)(F)F)OCC1c2ccccc2-c2ccccc21. The number of rotatable bonds is 7. The first-order valence-corrected chi connectivity index (χ1v) is 11.0. The van der Waals surface area contributed by atoms with E-state index in [1.807, 2.05) is 53.8 Å². The Morgan fingerprint density at radius 2 is 1.66 bits per heavy atom. The Bertz CT molecular complexity index is 1080. The Morgan fingerprint density at radius 1 is 1.06 bits per heavy atom. The zero-order valence-electron chi connectivity index (χ0n) is 18.4. The molecule has 1 heterocycles. The van der Waals surface area contributed by atoms with Crippen LogP contribution in [0.5, 0.6) is 0 Å². The Labute approximate surface area is 198 Å². The molecular weight excluding hydrogens is 469 g/mol. The summed E-state index contributed by atoms with van der Waals surface area (Å²) in [6, 6.07) is 14.1. The fraction of sp³-hybridized carbons (Fsp3) is 0.375. The largest absolute Gasteiger partial charge is 0.479 e. The number of ether oxygens (including phenoxy) is 2. The molecule has 35 heavy (non-hydrogen) atoms. The molecule has 4 rings (SSSR count). The standard InChI is InChI=1S/C24H23F3N2O6/c25-24(26,27)18(21(30)29-19-9-10-34-20(19)22(31)32)11-28-23(33)35-12-17-15-7-3-1-5-13(15)14-6-2-4-8-16(14)17/h1-8,17-20H,9-12H2,(H,28,33)(H,29,30)(H,31,32)/t18?,19-,20+/m1/s1. The maximum absolute atomic E-state index is 13.5. The van der Waals surface area contributed by atoms with Gasteiger partial charge in [-0.05, 0) is 28.7 Å². The molecule has 1 aliphatic carbocycles. The molecular formula is C24H23F3N2O6. The van der Waals surface area contributed by atoms with Crippen LogP contribution < -0.4 is 10.6 Å². The van der Waals surface area contributed by atoms with Crippen LogP contribution in [0.25, 0.3) is 11.1 Å². The van der Waals surface area contributed by atoms with Crippen LogP contribution in [0.4, 0.5) is 18.0 Å². The van der Waals surface area contributed by atoms with Gasteiger partial charge in [-0.15, -0.1) is 0 Å². The third kappa shape index (κ3) is 5.24. The number of nitrogens with one attached hydrogen (secondary N) is 2. The lowest BCUT2D eigenvalue weighted by Gasteiger charge is -2.23. The molecule has 1 saturated heterocycles. The van der Waals surface area contributed by atoms with E-state index in [4.69, 9.17) is 14.6 Å². The smallest absolute Gasteiger partial charge is 0.407 e. The Morgan fingerprint density at radius 3 is 2.23 bits per heavy atom. The summed E-state index contributed by atoms with van der Waals surface area (Å²) in [7, 11) is 0. The van der Waals surface area contributed by atoms with Crippen molar-refractivity contribution < 1.29 is 42.1 Å². The zero-order valence-corrected chi connectivity index (χ0v) is 18.4. The minimum Gasteiger partial charge on any atom is -0.479 e. The van der Waals surface area contributed by atoms with Gasteiger partial charge in [0.05, 0.1) is 6.04 Å². The van der Waals surface area contributed by atoms with Crippen molar-refractivity contribution in [3.8, 4) is 11.1 Å². The van der Waals surface area contributed by atoms with Gasteiger partial charge in [0.15, 0.2) is 12.0 Å². The number of halogens is 3. The molecule has 186 valence electrons. The second-order valence-corrected chi connectivity index (χ2v) is 8.33. The molecule has 1 aliphatic heterocycles. The third-order valence-corrected chi connectivity index (χ3v) is 6.17. The van der Waals surface area contributed by atoms with Crippen molar-refractivity contribution in [3.63, 3.8) is 0 Å². The van der Waals surface area contributed by atoms with Crippen LogP contribution in [0.15, 0.2) is 48.5 Å². The third-order valence-electron chi connectivity index (χ3n) is 6.17. The zero-order chi connectivity index (χ0) is 25.2. The summed E-state index contributed by atoms with van der Waals surface area (Å²) < 4.78 is 50.7. The summed E-state index contributed by atoms with van der Waals surface area (Å²) in [6.45, 7) is -1.16. The average molecular weight is 492 g/mol. The number of fused-ring (bicyclic) bond motifs is 3. The summed E-state index contributed by atoms with van der Waals surface area (Å²) in [6.07, 6.45) is -7.43. The fourth-order valence-electron chi connectivity index (χ4n) is 4.46. The molecule has 3 N–H and O–H groups in total. The number of benzene rings is 2. The Kier molecular flexibility index (Phi) is 6.97. The van der Waals surface area contributed by atoms with Gasteiger partial charge in [-0.1, -0.05) is 48.5 Å². The molecule has 8 nitrogen and oxygen atoms in total. The van der Waals surface area contributed by atoms with Gasteiger partial charge in [-0.3, -0.25) is 4.79 Å². The number of alkyl carbamates (subject to hydrolysis) is 1. The number of carbonyl (C=O) groups is 3. The van der Waals surface area contributed by atoms with Crippen molar-refractivity contribution in [1.82, 2.24) is 10.6 Å². The van der Waals surface area contributed by atoms with Crippen molar-refractivity contribution in [1.29, 1.82) is 0 Å². The molecule has 11 heteroatoms. The van der Waals surface area contributed by atoms with Crippen LogP contribution in [-0.4, -0.2) is 61.2 Å². The highest BCUT2D eigenvalue weighted by Crippen LogP contribution is 2.44. The van der Waals surface area contributed by atoms with Gasteiger partial charge < -0.3 is 25.2 Å². The minimum absolute atomic E-state index is 0.00338. The van der Waals surface area contributed by atoms with Crippen molar-refractivity contribution in [2.75, 3.05) is 19.8 Å². The molecule has 3 atom stereocenters. The van der Waals surface area contributed by atoms with E-state index in [-0.39, 0.29) is 25.6 Å². The van der Waals surface area contributed by atoms with Crippen molar-refractivity contribution in [2.45, 2.75) is 30.7 Å². The molecule has 0 radical (unpaired) electrons. The molecule has 0 saturated carbocycles. The minimum atomic E-state index is -4.97. The Balaban J connectivity index is 1.36. The molecule has 0 bridgehead atoms. The summed E-state index contributed by atoms with van der Waals surface area (Å²) >= 11 is 0. The molecule has 1 unspecified atom stereocenters. The molecule has 2 amide bonds. The van der Waals surface area contributed by atoms with Crippen LogP contribution in [-0.2, 0) is 19.1 Å². The first kappa shape index (κ1) is 24.5. The van der Waals surface area contributed by atoms with E-state index < -0.39 is 48.8 Å². The summed E-state index contributed by atoms with van der Waals surface area (Å²) in [5.74, 6) is -5.69. The van der Waals surface area contributed by atoms with Gasteiger partial charge in [-0.2, -0.15) is 13.2 Å². The van der Waals surface area contributed by atoms with Gasteiger partial charge in [-0.25, -0.2) is 9.59 Å². The van der Waals surface area contributed by atoms with Crippen molar-refractivity contribution >= 4 is 18.0 Å². The molecule has 2 aromatic rings. The number of carboxylic acids is 1. The van der Waals surface area contributed by atoms with Crippen LogP contribution in [0.3, 0.4) is 0 Å². The van der Waals surface area contributed by atoms with Gasteiger partial charge in [0.25, 0.3) is 0 Å². The van der Waals surface area contributed by atoms with E-state index >= 15 is 0 Å². The van der Waals surface area contributed by atoms with E-state index in [9.17, 15) is 27.6 Å². The molecule has 0 aromatic heterocycles. The fourth-order valence-corrected chi connectivity index (χ4v) is 4.46. The van der Waals surface area contributed by atoms with E-state index in [0.29, 0.717) is 0 Å². The monoisotopic (exact) mass is 492 g/mol. The van der Waals surface area contributed by atoms with Crippen molar-refractivity contribution in [3.05, 3.63) is 59.7 Å². The number of hydrogen-bond donors (Lipinski definition) is 3. The van der Waals surface area contributed by atoms with Crippen LogP contribution >= 0.6 is 0 Å². The molecule has 2 aromatic carbocycles. The lowest BCUT2D eigenvalue weighted by atomic mass is 9.98. The number of aliphatic carboxylic acids is 1. The predicted molar refractivity (Wildman–Crippen MR) is 117 cm³/mol. The molecule has 1 fully saturated rings. The normalized spacial score (nSPS) is 20.0. The van der Waals surface area contributed by atoms with E-state index in [0.717, 1.165) is 22.3 Å². The van der Waals surface area contributed by atoms with E-state index in [2.05, 4.69) is 5.32 Å². The second kappa shape index (κ2) is 9.95. The van der Waals surface area contributed by atoms with Gasteiger partial charge in [0, 0.05) is 19.1 Å². The van der Waals surface area contributed by atoms with Crippen molar-refractivity contribution in [2.24, 2.45) is 5.92 Å². The maximum Gasteiger partial charge on any atom is 0.407 e. The highest BCUT2D eigenvalue weighted by molar-refractivity contribution is 5.82. The lowest BCUT2D eigenvalue weighted by molar-refractivity contribution is -0.181. The topological polar surface area (TPSA) is 114 Å². The average Bonchev–Trinajstić information content (AvgIpc) is 3.39. The van der Waals surface area contributed by atoms with E-state index in [1.54, 1.807) is 0 Å². The molecule has 0 spiro atoms. The first-order chi connectivity index (χ1) is 16.7.